The van der Waals surface area contributed by atoms with Crippen LogP contribution in [0.15, 0.2) is 47.5 Å². The Balaban J connectivity index is 2.24. The molecule has 0 aromatic heterocycles. The summed E-state index contributed by atoms with van der Waals surface area (Å²) in [5.74, 6) is -6.42. The Labute approximate surface area is 174 Å². The lowest BCUT2D eigenvalue weighted by atomic mass is 9.73. The normalized spacial score (nSPS) is 22.5. The number of carbonyl (C=O) groups excluding carboxylic acids is 1. The van der Waals surface area contributed by atoms with Crippen molar-refractivity contribution in [3.63, 3.8) is 0 Å². The predicted molar refractivity (Wildman–Crippen MR) is 102 cm³/mol. The van der Waals surface area contributed by atoms with Crippen LogP contribution in [0.4, 0.5) is 26.3 Å². The molecule has 0 fully saturated rings. The number of nitrogens with two attached hydrogens (primary N) is 1. The van der Waals surface area contributed by atoms with Crippen LogP contribution in [0, 0.1) is 5.82 Å². The number of rotatable bonds is 3. The van der Waals surface area contributed by atoms with Crippen molar-refractivity contribution in [1.82, 2.24) is 4.90 Å². The zero-order valence-corrected chi connectivity index (χ0v) is 16.8. The summed E-state index contributed by atoms with van der Waals surface area (Å²) in [6.45, 7) is 1.99. The molecular weight excluding hydrogens is 424 g/mol. The maximum Gasteiger partial charge on any atom is 0.416 e. The molecule has 166 valence electrons. The van der Waals surface area contributed by atoms with Crippen molar-refractivity contribution < 1.29 is 31.1 Å². The first-order chi connectivity index (χ1) is 14.2. The Morgan fingerprint density at radius 1 is 1.03 bits per heavy atom. The summed E-state index contributed by atoms with van der Waals surface area (Å²) < 4.78 is 81.7. The van der Waals surface area contributed by atoms with Gasteiger partial charge in [0.15, 0.2) is 5.96 Å². The van der Waals surface area contributed by atoms with Gasteiger partial charge in [-0.15, -0.1) is 0 Å². The molecule has 1 aliphatic rings. The van der Waals surface area contributed by atoms with Crippen molar-refractivity contribution in [2.45, 2.75) is 37.4 Å². The van der Waals surface area contributed by atoms with Crippen molar-refractivity contribution in [1.29, 1.82) is 0 Å². The van der Waals surface area contributed by atoms with Gasteiger partial charge in [-0.3, -0.25) is 9.69 Å². The molecule has 0 saturated carbocycles. The molecule has 0 radical (unpaired) electrons. The standard InChI is InChI=1S/C21H19F6N3O/c1-19(14-10-13(21(25,26)27)8-9-15(14)22)16(17(31)30(3)18(28)29-19)11-4-6-12(7-5-11)20(2,23)24/h4-10,16H,1-3H3,(H2,28,29)/t16-,19?/m1/s1. The number of guanidine groups is 1. The molecular formula is C21H19F6N3O. The zero-order valence-electron chi connectivity index (χ0n) is 16.8. The van der Waals surface area contributed by atoms with Crippen LogP contribution in [0.3, 0.4) is 0 Å². The van der Waals surface area contributed by atoms with Crippen LogP contribution < -0.4 is 5.73 Å². The summed E-state index contributed by atoms with van der Waals surface area (Å²) in [4.78, 5) is 18.2. The van der Waals surface area contributed by atoms with Gasteiger partial charge in [-0.25, -0.2) is 18.2 Å². The van der Waals surface area contributed by atoms with E-state index in [1.165, 1.54) is 26.1 Å². The first-order valence-corrected chi connectivity index (χ1v) is 9.14. The molecule has 2 aromatic carbocycles. The minimum absolute atomic E-state index is 0.181. The van der Waals surface area contributed by atoms with Gasteiger partial charge in [-0.1, -0.05) is 24.3 Å². The Kier molecular flexibility index (Phi) is 5.32. The van der Waals surface area contributed by atoms with E-state index in [0.717, 1.165) is 17.0 Å². The molecule has 10 heteroatoms. The minimum atomic E-state index is -4.76. The van der Waals surface area contributed by atoms with Gasteiger partial charge in [0, 0.05) is 25.1 Å². The lowest BCUT2D eigenvalue weighted by Gasteiger charge is -2.41. The van der Waals surface area contributed by atoms with Gasteiger partial charge in [0.1, 0.15) is 11.4 Å². The molecule has 2 atom stereocenters. The van der Waals surface area contributed by atoms with Crippen LogP contribution >= 0.6 is 0 Å². The lowest BCUT2D eigenvalue weighted by Crippen LogP contribution is -2.52. The Bertz CT molecular complexity index is 1040. The van der Waals surface area contributed by atoms with E-state index in [-0.39, 0.29) is 17.1 Å². The van der Waals surface area contributed by atoms with Crippen molar-refractivity contribution >= 4 is 11.9 Å². The molecule has 1 heterocycles. The van der Waals surface area contributed by atoms with Crippen LogP contribution in [0.2, 0.25) is 0 Å². The average molecular weight is 443 g/mol. The number of halogens is 6. The Morgan fingerprint density at radius 2 is 1.58 bits per heavy atom. The maximum atomic E-state index is 14.7. The first kappa shape index (κ1) is 22.6. The SMILES string of the molecule is CN1C(=O)[C@@H](c2ccc(C(C)(F)F)cc2)C(C)(c2cc(C(F)(F)F)ccc2F)N=C1N. The minimum Gasteiger partial charge on any atom is -0.369 e. The molecule has 0 bridgehead atoms. The van der Waals surface area contributed by atoms with E-state index in [0.29, 0.717) is 25.1 Å². The second-order valence-electron chi connectivity index (χ2n) is 7.65. The highest BCUT2D eigenvalue weighted by atomic mass is 19.4. The largest absolute Gasteiger partial charge is 0.416 e. The number of carbonyl (C=O) groups is 1. The van der Waals surface area contributed by atoms with Gasteiger partial charge >= 0.3 is 6.18 Å². The summed E-state index contributed by atoms with van der Waals surface area (Å²) in [5, 5.41) is 0. The number of likely N-dealkylation sites (N-methyl/N-ethyl adjacent to an activating group) is 1. The second kappa shape index (κ2) is 7.28. The van der Waals surface area contributed by atoms with Crippen LogP contribution in [0.1, 0.15) is 42.0 Å². The fourth-order valence-corrected chi connectivity index (χ4v) is 3.67. The third kappa shape index (κ3) is 3.98. The van der Waals surface area contributed by atoms with Crippen molar-refractivity contribution in [2.75, 3.05) is 7.05 Å². The molecule has 2 aromatic rings. The van der Waals surface area contributed by atoms with Gasteiger partial charge in [-0.05, 0) is 30.7 Å². The summed E-state index contributed by atoms with van der Waals surface area (Å²) in [7, 11) is 1.31. The van der Waals surface area contributed by atoms with Crippen LogP contribution in [-0.4, -0.2) is 23.8 Å². The van der Waals surface area contributed by atoms with E-state index in [9.17, 15) is 31.1 Å². The molecule has 31 heavy (non-hydrogen) atoms. The van der Waals surface area contributed by atoms with E-state index in [4.69, 9.17) is 5.73 Å². The smallest absolute Gasteiger partial charge is 0.369 e. The molecule has 3 rings (SSSR count). The second-order valence-corrected chi connectivity index (χ2v) is 7.65. The molecule has 0 spiro atoms. The van der Waals surface area contributed by atoms with Crippen LogP contribution in [0.5, 0.6) is 0 Å². The number of nitrogens with zero attached hydrogens (tertiary/aromatic N) is 2. The number of hydrogen-bond donors (Lipinski definition) is 1. The molecule has 1 aliphatic heterocycles. The fourth-order valence-electron chi connectivity index (χ4n) is 3.67. The van der Waals surface area contributed by atoms with E-state index < -0.39 is 46.4 Å². The first-order valence-electron chi connectivity index (χ1n) is 9.14. The molecule has 2 N–H and O–H groups in total. The Hall–Kier alpha value is -3.04. The van der Waals surface area contributed by atoms with Crippen molar-refractivity contribution in [3.8, 4) is 0 Å². The van der Waals surface area contributed by atoms with Crippen LogP contribution in [0.25, 0.3) is 0 Å². The third-order valence-corrected chi connectivity index (χ3v) is 5.42. The summed E-state index contributed by atoms with van der Waals surface area (Å²) >= 11 is 0. The average Bonchev–Trinajstić information content (AvgIpc) is 2.65. The zero-order chi connectivity index (χ0) is 23.4. The predicted octanol–water partition coefficient (Wildman–Crippen LogP) is 4.74. The third-order valence-electron chi connectivity index (χ3n) is 5.42. The fraction of sp³-hybridized carbons (Fsp3) is 0.333. The quantitative estimate of drug-likeness (QED) is 0.697. The van der Waals surface area contributed by atoms with Crippen molar-refractivity contribution in [3.05, 3.63) is 70.5 Å². The van der Waals surface area contributed by atoms with E-state index in [1.807, 2.05) is 0 Å². The van der Waals surface area contributed by atoms with E-state index in [1.54, 1.807) is 0 Å². The van der Waals surface area contributed by atoms with Crippen LogP contribution in [-0.2, 0) is 22.4 Å². The lowest BCUT2D eigenvalue weighted by molar-refractivity contribution is -0.137. The number of hydrogen-bond acceptors (Lipinski definition) is 3. The van der Waals surface area contributed by atoms with Gasteiger partial charge < -0.3 is 5.73 Å². The molecule has 0 aliphatic carbocycles. The highest BCUT2D eigenvalue weighted by molar-refractivity contribution is 6.02. The van der Waals surface area contributed by atoms with E-state index >= 15 is 0 Å². The molecule has 0 saturated heterocycles. The summed E-state index contributed by atoms with van der Waals surface area (Å²) in [6, 6.07) is 6.54. The number of benzene rings is 2. The van der Waals surface area contributed by atoms with Crippen molar-refractivity contribution in [2.24, 2.45) is 10.7 Å². The topological polar surface area (TPSA) is 58.7 Å². The summed E-state index contributed by atoms with van der Waals surface area (Å²) in [6.07, 6.45) is -4.76. The number of alkyl halides is 5. The molecule has 1 amide bonds. The maximum absolute atomic E-state index is 14.7. The van der Waals surface area contributed by atoms with Gasteiger partial charge in [0.2, 0.25) is 5.91 Å². The summed E-state index contributed by atoms with van der Waals surface area (Å²) in [5.41, 5.74) is 2.20. The number of aliphatic imine (C=N–C) groups is 1. The van der Waals surface area contributed by atoms with Gasteiger partial charge in [0.05, 0.1) is 11.5 Å². The molecule has 1 unspecified atom stereocenters. The van der Waals surface area contributed by atoms with Gasteiger partial charge in [0.25, 0.3) is 5.92 Å². The highest BCUT2D eigenvalue weighted by Crippen LogP contribution is 2.46. The molecule has 4 nitrogen and oxygen atoms in total. The monoisotopic (exact) mass is 443 g/mol. The van der Waals surface area contributed by atoms with Gasteiger partial charge in [-0.2, -0.15) is 13.2 Å². The highest BCUT2D eigenvalue weighted by Gasteiger charge is 2.49. The number of amides is 1. The Morgan fingerprint density at radius 3 is 2.10 bits per heavy atom. The van der Waals surface area contributed by atoms with E-state index in [2.05, 4.69) is 4.99 Å².